The molecule has 0 bridgehead atoms. The van der Waals surface area contributed by atoms with Crippen molar-refractivity contribution in [3.63, 3.8) is 0 Å². The minimum atomic E-state index is -1.30. The number of Topliss-reactive ketones (excluding diaryl/α,β-unsaturated/α-hetero) is 1. The number of carbonyl (C=O) groups excluding carboxylic acids is 2. The molecule has 1 amide bonds. The molecule has 1 saturated carbocycles. The van der Waals surface area contributed by atoms with Crippen molar-refractivity contribution in [2.24, 2.45) is 5.92 Å². The highest BCUT2D eigenvalue weighted by Gasteiger charge is 2.67. The normalized spacial score (nSPS) is 18.3. The average Bonchev–Trinajstić information content (AvgIpc) is 3.36. The molecule has 3 aromatic rings. The van der Waals surface area contributed by atoms with Crippen molar-refractivity contribution < 1.29 is 9.59 Å². The molecule has 2 atom stereocenters. The van der Waals surface area contributed by atoms with Crippen LogP contribution in [-0.2, 0) is 4.79 Å². The highest BCUT2D eigenvalue weighted by Crippen LogP contribution is 2.65. The minimum absolute atomic E-state index is 0.0485. The lowest BCUT2D eigenvalue weighted by Crippen LogP contribution is -2.18. The van der Waals surface area contributed by atoms with E-state index >= 15 is 0 Å². The summed E-state index contributed by atoms with van der Waals surface area (Å²) in [5.41, 5.74) is 3.32. The van der Waals surface area contributed by atoms with Gasteiger partial charge in [-0.25, -0.2) is 0 Å². The van der Waals surface area contributed by atoms with Crippen molar-refractivity contribution in [3.8, 4) is 0 Å². The summed E-state index contributed by atoms with van der Waals surface area (Å²) in [6, 6.07) is 17.4. The summed E-state index contributed by atoms with van der Waals surface area (Å²) in [5.74, 6) is -1.80. The number of ketones is 1. The molecule has 2 N–H and O–H groups in total. The second-order valence-corrected chi connectivity index (χ2v) is 10.9. The second-order valence-electron chi connectivity index (χ2n) is 8.16. The maximum atomic E-state index is 13.0. The standard InChI is InChI=1S/C25H19Cl5N2O2/c1-13-2-4-17(5-3-13)31-12-21(33)19-11-18(6-7-20(19)28)32-24(34)23-22(25(23,29)30)14-8-15(26)10-16(27)9-14/h2-11,22-23,31H,12H2,1H3,(H,32,34). The Hall–Kier alpha value is -1.95. The van der Waals surface area contributed by atoms with Gasteiger partial charge in [-0.05, 0) is 61.0 Å². The molecule has 176 valence electrons. The summed E-state index contributed by atoms with van der Waals surface area (Å²) >= 11 is 31.3. The summed E-state index contributed by atoms with van der Waals surface area (Å²) in [4.78, 5) is 25.7. The van der Waals surface area contributed by atoms with Crippen LogP contribution in [0.15, 0.2) is 60.7 Å². The molecule has 0 heterocycles. The Morgan fingerprint density at radius 1 is 0.882 bits per heavy atom. The number of anilines is 2. The van der Waals surface area contributed by atoms with Crippen molar-refractivity contribution in [1.29, 1.82) is 0 Å². The van der Waals surface area contributed by atoms with Gasteiger partial charge in [-0.2, -0.15) is 0 Å². The highest BCUT2D eigenvalue weighted by atomic mass is 35.5. The number of halogens is 5. The van der Waals surface area contributed by atoms with Gasteiger partial charge in [0, 0.05) is 32.9 Å². The SMILES string of the molecule is Cc1ccc(NCC(=O)c2cc(NC(=O)C3C(c4cc(Cl)cc(Cl)c4)C3(Cl)Cl)ccc2Cl)cc1. The first-order valence-electron chi connectivity index (χ1n) is 10.3. The molecular formula is C25H19Cl5N2O2. The average molecular weight is 557 g/mol. The lowest BCUT2D eigenvalue weighted by atomic mass is 10.1. The Labute approximate surface area is 222 Å². The van der Waals surface area contributed by atoms with Crippen LogP contribution in [0.3, 0.4) is 0 Å². The second kappa shape index (κ2) is 9.96. The predicted molar refractivity (Wildman–Crippen MR) is 141 cm³/mol. The third kappa shape index (κ3) is 5.48. The summed E-state index contributed by atoms with van der Waals surface area (Å²) < 4.78 is -1.30. The van der Waals surface area contributed by atoms with Crippen LogP contribution >= 0.6 is 58.0 Å². The molecule has 1 aliphatic carbocycles. The Bertz CT molecular complexity index is 1240. The molecule has 0 aromatic heterocycles. The predicted octanol–water partition coefficient (Wildman–Crippen LogP) is 7.78. The van der Waals surface area contributed by atoms with Gasteiger partial charge < -0.3 is 10.6 Å². The van der Waals surface area contributed by atoms with Gasteiger partial charge >= 0.3 is 0 Å². The van der Waals surface area contributed by atoms with Crippen LogP contribution in [0.4, 0.5) is 11.4 Å². The first-order chi connectivity index (χ1) is 16.1. The maximum Gasteiger partial charge on any atom is 0.231 e. The number of hydrogen-bond acceptors (Lipinski definition) is 3. The summed E-state index contributed by atoms with van der Waals surface area (Å²) in [6.07, 6.45) is 0. The van der Waals surface area contributed by atoms with Crippen LogP contribution < -0.4 is 10.6 Å². The zero-order valence-corrected chi connectivity index (χ0v) is 21.6. The lowest BCUT2D eigenvalue weighted by molar-refractivity contribution is -0.117. The molecule has 0 aliphatic heterocycles. The van der Waals surface area contributed by atoms with E-state index in [-0.39, 0.29) is 28.8 Å². The van der Waals surface area contributed by atoms with E-state index in [1.54, 1.807) is 30.3 Å². The third-order valence-corrected chi connectivity index (χ3v) is 7.33. The first-order valence-corrected chi connectivity index (χ1v) is 12.2. The van der Waals surface area contributed by atoms with Crippen molar-refractivity contribution >= 4 is 81.1 Å². The summed E-state index contributed by atoms with van der Waals surface area (Å²) in [5, 5.41) is 7.01. The molecule has 4 rings (SSSR count). The van der Waals surface area contributed by atoms with E-state index in [1.165, 1.54) is 6.07 Å². The van der Waals surface area contributed by atoms with Gasteiger partial charge in [-0.1, -0.05) is 52.5 Å². The van der Waals surface area contributed by atoms with Crippen molar-refractivity contribution in [1.82, 2.24) is 0 Å². The third-order valence-electron chi connectivity index (χ3n) is 5.62. The van der Waals surface area contributed by atoms with Crippen molar-refractivity contribution in [2.45, 2.75) is 17.2 Å². The number of rotatable bonds is 7. The zero-order chi connectivity index (χ0) is 24.6. The maximum absolute atomic E-state index is 13.0. The van der Waals surface area contributed by atoms with Gasteiger partial charge in [0.2, 0.25) is 5.91 Å². The highest BCUT2D eigenvalue weighted by molar-refractivity contribution is 6.53. The number of hydrogen-bond donors (Lipinski definition) is 2. The van der Waals surface area contributed by atoms with E-state index in [4.69, 9.17) is 58.0 Å². The van der Waals surface area contributed by atoms with Gasteiger partial charge in [0.05, 0.1) is 17.5 Å². The van der Waals surface area contributed by atoms with E-state index in [2.05, 4.69) is 10.6 Å². The van der Waals surface area contributed by atoms with E-state index < -0.39 is 16.2 Å². The Kier molecular flexibility index (Phi) is 7.37. The van der Waals surface area contributed by atoms with Gasteiger partial charge in [0.15, 0.2) is 5.78 Å². The molecule has 0 saturated heterocycles. The fourth-order valence-corrected chi connectivity index (χ4v) is 5.40. The molecule has 1 fully saturated rings. The number of amides is 1. The van der Waals surface area contributed by atoms with Crippen LogP contribution in [0.5, 0.6) is 0 Å². The van der Waals surface area contributed by atoms with Gasteiger partial charge in [0.25, 0.3) is 0 Å². The topological polar surface area (TPSA) is 58.2 Å². The zero-order valence-electron chi connectivity index (χ0n) is 17.8. The fraction of sp³-hybridized carbons (Fsp3) is 0.200. The molecule has 1 aliphatic rings. The van der Waals surface area contributed by atoms with Crippen LogP contribution in [0.1, 0.15) is 27.4 Å². The fourth-order valence-electron chi connectivity index (χ4n) is 3.81. The number of carbonyl (C=O) groups is 2. The smallest absolute Gasteiger partial charge is 0.231 e. The van der Waals surface area contributed by atoms with Gasteiger partial charge in [-0.3, -0.25) is 9.59 Å². The molecule has 3 aromatic carbocycles. The molecule has 4 nitrogen and oxygen atoms in total. The number of benzene rings is 3. The lowest BCUT2D eigenvalue weighted by Gasteiger charge is -2.10. The molecule has 34 heavy (non-hydrogen) atoms. The Morgan fingerprint density at radius 3 is 2.15 bits per heavy atom. The number of aryl methyl sites for hydroxylation is 1. The summed E-state index contributed by atoms with van der Waals surface area (Å²) in [6.45, 7) is 2.04. The molecular weight excluding hydrogens is 538 g/mol. The largest absolute Gasteiger partial charge is 0.378 e. The summed E-state index contributed by atoms with van der Waals surface area (Å²) in [7, 11) is 0. The van der Waals surface area contributed by atoms with Crippen LogP contribution in [0.2, 0.25) is 15.1 Å². The van der Waals surface area contributed by atoms with Crippen LogP contribution in [0, 0.1) is 12.8 Å². The van der Waals surface area contributed by atoms with E-state index in [1.807, 2.05) is 31.2 Å². The van der Waals surface area contributed by atoms with Crippen LogP contribution in [0.25, 0.3) is 0 Å². The molecule has 2 unspecified atom stereocenters. The Morgan fingerprint density at radius 2 is 1.50 bits per heavy atom. The molecule has 9 heteroatoms. The minimum Gasteiger partial charge on any atom is -0.378 e. The van der Waals surface area contributed by atoms with Crippen molar-refractivity contribution in [2.75, 3.05) is 17.2 Å². The quantitative estimate of drug-likeness (QED) is 0.231. The number of alkyl halides is 2. The van der Waals surface area contributed by atoms with E-state index in [0.717, 1.165) is 11.3 Å². The molecule has 0 radical (unpaired) electrons. The Balaban J connectivity index is 1.45. The van der Waals surface area contributed by atoms with Crippen LogP contribution in [-0.4, -0.2) is 22.6 Å². The number of nitrogens with one attached hydrogen (secondary N) is 2. The van der Waals surface area contributed by atoms with E-state index in [9.17, 15) is 9.59 Å². The van der Waals surface area contributed by atoms with Gasteiger partial charge in [0.1, 0.15) is 4.33 Å². The van der Waals surface area contributed by atoms with E-state index in [0.29, 0.717) is 21.3 Å². The monoisotopic (exact) mass is 554 g/mol. The van der Waals surface area contributed by atoms with Gasteiger partial charge in [-0.15, -0.1) is 23.2 Å². The first kappa shape index (κ1) is 25.2. The molecule has 0 spiro atoms. The van der Waals surface area contributed by atoms with Crippen molar-refractivity contribution in [3.05, 3.63) is 92.4 Å².